The van der Waals surface area contributed by atoms with Crippen LogP contribution in [0.1, 0.15) is 37.7 Å². The van der Waals surface area contributed by atoms with E-state index in [0.717, 1.165) is 35.7 Å². The molecule has 0 aromatic heterocycles. The molecule has 6 nitrogen and oxygen atoms in total. The zero-order valence-electron chi connectivity index (χ0n) is 13.7. The van der Waals surface area contributed by atoms with Crippen molar-refractivity contribution in [1.29, 1.82) is 0 Å². The molecule has 0 radical (unpaired) electrons. The Balaban J connectivity index is 0.00000288. The molecular formula is C16H24BrClN4O2. The molecule has 1 aliphatic carbocycles. The number of carbonyl (C=O) groups is 2. The van der Waals surface area contributed by atoms with Crippen LogP contribution in [-0.2, 0) is 4.79 Å². The second-order valence-electron chi connectivity index (χ2n) is 5.89. The first-order chi connectivity index (χ1) is 11.0. The molecule has 3 amide bonds. The predicted octanol–water partition coefficient (Wildman–Crippen LogP) is 3.33. The molecule has 0 atom stereocenters. The number of urea groups is 1. The number of rotatable bonds is 4. The lowest BCUT2D eigenvalue weighted by Gasteiger charge is -2.22. The lowest BCUT2D eigenvalue weighted by atomic mass is 9.96. The lowest BCUT2D eigenvalue weighted by molar-refractivity contribution is -0.115. The van der Waals surface area contributed by atoms with E-state index >= 15 is 0 Å². The number of anilines is 2. The standard InChI is InChI=1S/C16H23BrN4O2.ClH/c1-10-7-11(17)8-13(15(10)18)21-14(22)9-19-16(23)20-12-5-3-2-4-6-12;/h7-8,12H,2-6,9,18H2,1H3,(H,21,22)(H2,19,20,23);1H. The van der Waals surface area contributed by atoms with Crippen molar-refractivity contribution in [3.8, 4) is 0 Å². The van der Waals surface area contributed by atoms with Crippen LogP contribution in [0.15, 0.2) is 16.6 Å². The van der Waals surface area contributed by atoms with Gasteiger partial charge in [0.05, 0.1) is 17.9 Å². The first-order valence-corrected chi connectivity index (χ1v) is 8.65. The Morgan fingerprint density at radius 3 is 2.58 bits per heavy atom. The Hall–Kier alpha value is -1.47. The van der Waals surface area contributed by atoms with Gasteiger partial charge in [-0.3, -0.25) is 4.79 Å². The van der Waals surface area contributed by atoms with E-state index in [1.165, 1.54) is 6.42 Å². The highest BCUT2D eigenvalue weighted by molar-refractivity contribution is 9.10. The second-order valence-corrected chi connectivity index (χ2v) is 6.81. The summed E-state index contributed by atoms with van der Waals surface area (Å²) in [5, 5.41) is 8.20. The third kappa shape index (κ3) is 6.20. The summed E-state index contributed by atoms with van der Waals surface area (Å²) < 4.78 is 0.836. The first-order valence-electron chi connectivity index (χ1n) is 7.85. The summed E-state index contributed by atoms with van der Waals surface area (Å²) >= 11 is 3.37. The molecule has 0 saturated heterocycles. The molecule has 0 unspecified atom stereocenters. The molecule has 2 rings (SSSR count). The van der Waals surface area contributed by atoms with E-state index in [1.807, 2.05) is 13.0 Å². The van der Waals surface area contributed by atoms with Crippen molar-refractivity contribution in [2.45, 2.75) is 45.1 Å². The highest BCUT2D eigenvalue weighted by atomic mass is 79.9. The van der Waals surface area contributed by atoms with Crippen molar-refractivity contribution in [3.05, 3.63) is 22.2 Å². The van der Waals surface area contributed by atoms with Gasteiger partial charge in [0.2, 0.25) is 5.91 Å². The third-order valence-electron chi connectivity index (χ3n) is 3.98. The summed E-state index contributed by atoms with van der Waals surface area (Å²) in [5.74, 6) is -0.312. The van der Waals surface area contributed by atoms with Gasteiger partial charge in [0.25, 0.3) is 0 Å². The number of nitrogens with two attached hydrogens (primary N) is 1. The summed E-state index contributed by atoms with van der Waals surface area (Å²) in [5.41, 5.74) is 7.88. The van der Waals surface area contributed by atoms with Gasteiger partial charge in [-0.15, -0.1) is 12.4 Å². The number of carbonyl (C=O) groups excluding carboxylic acids is 2. The van der Waals surface area contributed by atoms with Gasteiger partial charge in [-0.1, -0.05) is 35.2 Å². The van der Waals surface area contributed by atoms with Crippen molar-refractivity contribution < 1.29 is 9.59 Å². The molecule has 0 aliphatic heterocycles. The fraction of sp³-hybridized carbons (Fsp3) is 0.500. The Morgan fingerprint density at radius 1 is 1.25 bits per heavy atom. The summed E-state index contributed by atoms with van der Waals surface area (Å²) in [7, 11) is 0. The van der Waals surface area contributed by atoms with Crippen molar-refractivity contribution in [3.63, 3.8) is 0 Å². The maximum Gasteiger partial charge on any atom is 0.315 e. The smallest absolute Gasteiger partial charge is 0.315 e. The number of nitrogens with one attached hydrogen (secondary N) is 3. The minimum atomic E-state index is -0.312. The van der Waals surface area contributed by atoms with Crippen LogP contribution in [0.5, 0.6) is 0 Å². The van der Waals surface area contributed by atoms with Crippen LogP contribution >= 0.6 is 28.3 Å². The van der Waals surface area contributed by atoms with Gasteiger partial charge in [0.15, 0.2) is 0 Å². The van der Waals surface area contributed by atoms with Crippen molar-refractivity contribution in [2.24, 2.45) is 0 Å². The van der Waals surface area contributed by atoms with Gasteiger partial charge in [0.1, 0.15) is 0 Å². The van der Waals surface area contributed by atoms with E-state index in [-0.39, 0.29) is 36.9 Å². The number of halogens is 2. The normalized spacial score (nSPS) is 14.4. The zero-order valence-corrected chi connectivity index (χ0v) is 16.1. The Bertz CT molecular complexity index is 592. The van der Waals surface area contributed by atoms with Crippen molar-refractivity contribution in [1.82, 2.24) is 10.6 Å². The van der Waals surface area contributed by atoms with E-state index in [2.05, 4.69) is 31.9 Å². The molecule has 1 saturated carbocycles. The Kier molecular flexibility index (Phi) is 8.35. The highest BCUT2D eigenvalue weighted by Gasteiger charge is 2.16. The summed E-state index contributed by atoms with van der Waals surface area (Å²) in [6.45, 7) is 1.77. The monoisotopic (exact) mass is 418 g/mol. The fourth-order valence-corrected chi connectivity index (χ4v) is 3.27. The van der Waals surface area contributed by atoms with E-state index in [9.17, 15) is 9.59 Å². The number of hydrogen-bond donors (Lipinski definition) is 4. The first kappa shape index (κ1) is 20.6. The lowest BCUT2D eigenvalue weighted by Crippen LogP contribution is -2.45. The minimum absolute atomic E-state index is 0. The molecule has 1 fully saturated rings. The van der Waals surface area contributed by atoms with E-state index in [4.69, 9.17) is 5.73 Å². The van der Waals surface area contributed by atoms with Gasteiger partial charge >= 0.3 is 6.03 Å². The van der Waals surface area contributed by atoms with Crippen LogP contribution in [-0.4, -0.2) is 24.5 Å². The molecule has 5 N–H and O–H groups in total. The van der Waals surface area contributed by atoms with Gasteiger partial charge in [-0.2, -0.15) is 0 Å². The average molecular weight is 420 g/mol. The Morgan fingerprint density at radius 2 is 1.92 bits per heavy atom. The molecule has 0 spiro atoms. The molecule has 24 heavy (non-hydrogen) atoms. The van der Waals surface area contributed by atoms with Crippen LogP contribution in [0, 0.1) is 6.92 Å². The van der Waals surface area contributed by atoms with Gasteiger partial charge in [-0.05, 0) is 37.5 Å². The molecule has 0 heterocycles. The van der Waals surface area contributed by atoms with Crippen LogP contribution in [0.25, 0.3) is 0 Å². The maximum absolute atomic E-state index is 12.0. The summed E-state index contributed by atoms with van der Waals surface area (Å²) in [4.78, 5) is 23.8. The minimum Gasteiger partial charge on any atom is -0.397 e. The van der Waals surface area contributed by atoms with Crippen LogP contribution in [0.4, 0.5) is 16.2 Å². The van der Waals surface area contributed by atoms with Gasteiger partial charge < -0.3 is 21.7 Å². The third-order valence-corrected chi connectivity index (χ3v) is 4.43. The topological polar surface area (TPSA) is 96.2 Å². The van der Waals surface area contributed by atoms with Crippen molar-refractivity contribution >= 4 is 51.7 Å². The summed E-state index contributed by atoms with van der Waals surface area (Å²) in [6.07, 6.45) is 5.54. The van der Waals surface area contributed by atoms with Crippen LogP contribution in [0.3, 0.4) is 0 Å². The predicted molar refractivity (Wildman–Crippen MR) is 103 cm³/mol. The maximum atomic E-state index is 12.0. The molecule has 1 aromatic rings. The molecule has 0 bridgehead atoms. The van der Waals surface area contributed by atoms with E-state index < -0.39 is 0 Å². The molecular weight excluding hydrogens is 396 g/mol. The van der Waals surface area contributed by atoms with Crippen molar-refractivity contribution in [2.75, 3.05) is 17.6 Å². The Labute approximate surface area is 156 Å². The largest absolute Gasteiger partial charge is 0.397 e. The second kappa shape index (κ2) is 9.74. The molecule has 134 valence electrons. The fourth-order valence-electron chi connectivity index (χ4n) is 2.70. The average Bonchev–Trinajstić information content (AvgIpc) is 2.51. The number of aryl methyl sites for hydroxylation is 1. The van der Waals surface area contributed by atoms with E-state index in [1.54, 1.807) is 6.07 Å². The zero-order chi connectivity index (χ0) is 16.8. The highest BCUT2D eigenvalue weighted by Crippen LogP contribution is 2.27. The van der Waals surface area contributed by atoms with Gasteiger partial charge in [-0.25, -0.2) is 4.79 Å². The molecule has 1 aromatic carbocycles. The summed E-state index contributed by atoms with van der Waals surface area (Å²) in [6, 6.07) is 3.53. The van der Waals surface area contributed by atoms with Gasteiger partial charge in [0, 0.05) is 10.5 Å². The number of hydrogen-bond acceptors (Lipinski definition) is 3. The number of amides is 3. The number of benzene rings is 1. The quantitative estimate of drug-likeness (QED) is 0.564. The molecule has 1 aliphatic rings. The van der Waals surface area contributed by atoms with Crippen LogP contribution in [0.2, 0.25) is 0 Å². The van der Waals surface area contributed by atoms with E-state index in [0.29, 0.717) is 11.4 Å². The SMILES string of the molecule is Cc1cc(Br)cc(NC(=O)CNC(=O)NC2CCCCC2)c1N.Cl. The molecule has 8 heteroatoms. The van der Waals surface area contributed by atoms with Crippen LogP contribution < -0.4 is 21.7 Å². The number of nitrogen functional groups attached to an aromatic ring is 1.